The molecule has 0 atom stereocenters. The van der Waals surface area contributed by atoms with Gasteiger partial charge in [-0.15, -0.1) is 0 Å². The van der Waals surface area contributed by atoms with Crippen LogP contribution in [0, 0.1) is 13.8 Å². The Balaban J connectivity index is 3.04. The second-order valence-electron chi connectivity index (χ2n) is 12.0. The molecule has 0 radical (unpaired) electrons. The maximum atomic E-state index is 7.22. The molecule has 2 aromatic carbocycles. The van der Waals surface area contributed by atoms with Crippen molar-refractivity contribution in [2.24, 2.45) is 0 Å². The average molecular weight is 457 g/mol. The van der Waals surface area contributed by atoms with Crippen LogP contribution in [0.5, 0.6) is 11.5 Å². The average Bonchev–Trinajstić information content (AvgIpc) is 2.61. The van der Waals surface area contributed by atoms with E-state index in [1.54, 1.807) is 7.11 Å². The van der Waals surface area contributed by atoms with E-state index in [-0.39, 0.29) is 10.1 Å². The molecule has 2 nitrogen and oxygen atoms in total. The van der Waals surface area contributed by atoms with E-state index >= 15 is 0 Å². The molecule has 0 unspecified atom stereocenters. The Bertz CT molecular complexity index is 945. The van der Waals surface area contributed by atoms with Crippen molar-refractivity contribution in [1.29, 1.82) is 0 Å². The molecule has 0 aliphatic carbocycles. The maximum absolute atomic E-state index is 7.22. The Morgan fingerprint density at radius 3 is 1.81 bits per heavy atom. The summed E-state index contributed by atoms with van der Waals surface area (Å²) in [4.78, 5) is 0. The van der Waals surface area contributed by atoms with Gasteiger partial charge < -0.3 is 9.16 Å². The van der Waals surface area contributed by atoms with Crippen LogP contribution in [0.1, 0.15) is 52.7 Å². The van der Waals surface area contributed by atoms with Crippen molar-refractivity contribution in [3.63, 3.8) is 0 Å². The van der Waals surface area contributed by atoms with Gasteiger partial charge in [-0.2, -0.15) is 0 Å². The first-order chi connectivity index (χ1) is 14.0. The largest absolute Gasteiger partial charge is 0.543 e. The Labute approximate surface area is 193 Å². The predicted molar refractivity (Wildman–Crippen MR) is 143 cm³/mol. The van der Waals surface area contributed by atoms with Crippen LogP contribution in [0.25, 0.3) is 11.1 Å². The van der Waals surface area contributed by atoms with Crippen LogP contribution in [-0.4, -0.2) is 23.5 Å². The lowest BCUT2D eigenvalue weighted by atomic mass is 9.95. The van der Waals surface area contributed by atoms with Gasteiger partial charge in [-0.05, 0) is 59.4 Å². The van der Waals surface area contributed by atoms with E-state index in [9.17, 15) is 0 Å². The molecular weight excluding hydrogens is 412 g/mol. The molecule has 0 aliphatic rings. The molecule has 31 heavy (non-hydrogen) atoms. The fourth-order valence-corrected chi connectivity index (χ4v) is 6.68. The first kappa shape index (κ1) is 25.7. The molecule has 0 aromatic heterocycles. The smallest absolute Gasteiger partial charge is 0.250 e. The van der Waals surface area contributed by atoms with E-state index in [0.717, 1.165) is 17.1 Å². The molecule has 0 fully saturated rings. The van der Waals surface area contributed by atoms with Crippen LogP contribution in [-0.2, 0) is 0 Å². The minimum atomic E-state index is -2.07. The zero-order valence-corrected chi connectivity index (χ0v) is 24.2. The van der Waals surface area contributed by atoms with Crippen LogP contribution in [0.4, 0.5) is 0 Å². The van der Waals surface area contributed by atoms with Crippen molar-refractivity contribution in [2.45, 2.75) is 91.7 Å². The summed E-state index contributed by atoms with van der Waals surface area (Å²) in [5, 5.41) is 1.67. The molecule has 0 saturated carbocycles. The van der Waals surface area contributed by atoms with E-state index in [1.165, 1.54) is 21.9 Å². The van der Waals surface area contributed by atoms with Crippen molar-refractivity contribution >= 4 is 21.6 Å². The zero-order valence-electron chi connectivity index (χ0n) is 22.2. The number of ether oxygens (including phenoxy) is 1. The summed E-state index contributed by atoms with van der Waals surface area (Å²) in [7, 11) is -2.20. The summed E-state index contributed by atoms with van der Waals surface area (Å²) in [6, 6.07) is 10.9. The molecule has 0 spiro atoms. The highest BCUT2D eigenvalue weighted by atomic mass is 28.4. The Morgan fingerprint density at radius 2 is 1.35 bits per heavy atom. The molecule has 4 heteroatoms. The lowest BCUT2D eigenvalue weighted by molar-refractivity contribution is 0.411. The van der Waals surface area contributed by atoms with Gasteiger partial charge in [0.05, 0.1) is 15.2 Å². The third-order valence-corrected chi connectivity index (χ3v) is 17.6. The quantitative estimate of drug-likeness (QED) is 0.423. The van der Waals surface area contributed by atoms with E-state index in [1.807, 2.05) is 0 Å². The fraction of sp³-hybridized carbons (Fsp3) is 0.556. The third kappa shape index (κ3) is 4.80. The number of rotatable bonds is 5. The molecule has 0 heterocycles. The van der Waals surface area contributed by atoms with Crippen molar-refractivity contribution in [3.05, 3.63) is 41.5 Å². The number of hydrogen-bond acceptors (Lipinski definition) is 2. The second kappa shape index (κ2) is 8.44. The van der Waals surface area contributed by atoms with Crippen LogP contribution in [0.15, 0.2) is 30.3 Å². The number of hydrogen-bond donors (Lipinski definition) is 0. The summed E-state index contributed by atoms with van der Waals surface area (Å²) in [5.74, 6) is 2.06. The molecular formula is C27H44O2Si2. The second-order valence-corrected chi connectivity index (χ2v) is 22.0. The minimum Gasteiger partial charge on any atom is -0.543 e. The summed E-state index contributed by atoms with van der Waals surface area (Å²) in [6.07, 6.45) is 0. The molecule has 0 bridgehead atoms. The normalized spacial score (nSPS) is 13.3. The van der Waals surface area contributed by atoms with Gasteiger partial charge in [0.25, 0.3) is 0 Å². The van der Waals surface area contributed by atoms with Crippen LogP contribution in [0.3, 0.4) is 0 Å². The highest BCUT2D eigenvalue weighted by Gasteiger charge is 2.44. The zero-order chi connectivity index (χ0) is 24.0. The van der Waals surface area contributed by atoms with E-state index < -0.39 is 16.4 Å². The van der Waals surface area contributed by atoms with Crippen LogP contribution < -0.4 is 14.3 Å². The minimum absolute atomic E-state index is 0.120. The summed E-state index contributed by atoms with van der Waals surface area (Å²) in [5.41, 5.74) is 4.88. The Morgan fingerprint density at radius 1 is 0.806 bits per heavy atom. The van der Waals surface area contributed by atoms with Gasteiger partial charge in [0.2, 0.25) is 8.32 Å². The summed E-state index contributed by atoms with van der Waals surface area (Å²) in [6.45, 7) is 28.1. The van der Waals surface area contributed by atoms with Crippen molar-refractivity contribution < 1.29 is 9.16 Å². The van der Waals surface area contributed by atoms with Crippen molar-refractivity contribution in [3.8, 4) is 22.6 Å². The van der Waals surface area contributed by atoms with Gasteiger partial charge in [0.1, 0.15) is 11.5 Å². The lowest BCUT2D eigenvalue weighted by Crippen LogP contribution is -2.52. The summed E-state index contributed by atoms with van der Waals surface area (Å²) < 4.78 is 13.1. The van der Waals surface area contributed by atoms with E-state index in [4.69, 9.17) is 9.16 Å². The molecule has 0 N–H and O–H groups in total. The molecule has 0 saturated heterocycles. The van der Waals surface area contributed by atoms with Gasteiger partial charge in [-0.1, -0.05) is 78.9 Å². The molecule has 0 amide bonds. The Hall–Kier alpha value is -1.53. The van der Waals surface area contributed by atoms with Crippen molar-refractivity contribution in [2.75, 3.05) is 7.11 Å². The first-order valence-corrected chi connectivity index (χ1v) is 17.3. The number of benzene rings is 2. The number of aryl methyl sites for hydroxylation is 1. The third-order valence-electron chi connectivity index (χ3n) is 7.84. The van der Waals surface area contributed by atoms with Gasteiger partial charge in [0.15, 0.2) is 0 Å². The van der Waals surface area contributed by atoms with Gasteiger partial charge >= 0.3 is 0 Å². The van der Waals surface area contributed by atoms with Crippen LogP contribution >= 0.6 is 0 Å². The monoisotopic (exact) mass is 456 g/mol. The van der Waals surface area contributed by atoms with E-state index in [2.05, 4.69) is 112 Å². The molecule has 0 aliphatic heterocycles. The molecule has 2 aromatic rings. The van der Waals surface area contributed by atoms with Crippen LogP contribution in [0.2, 0.25) is 36.3 Å². The SMILES string of the molecule is COc1cc([Si](C)(C)C(C)(C)C)c(O[Si](C)(C)C(C)(C)C)c(-c2ccccc2C)c1C. The standard InChI is InChI=1S/C27H44O2Si2/c1-19-16-14-15-17-21(19)24-20(2)22(28-9)18-23(30(10,11)26(3,4)5)25(24)29-31(12,13)27(6,7)8/h14-18H,1-13H3. The molecule has 172 valence electrons. The van der Waals surface area contributed by atoms with E-state index in [0.29, 0.717) is 0 Å². The molecule has 2 rings (SSSR count). The Kier molecular flexibility index (Phi) is 7.00. The van der Waals surface area contributed by atoms with Gasteiger partial charge in [-0.3, -0.25) is 0 Å². The maximum Gasteiger partial charge on any atom is 0.250 e. The lowest BCUT2D eigenvalue weighted by Gasteiger charge is -2.43. The number of methoxy groups -OCH3 is 1. The highest BCUT2D eigenvalue weighted by Crippen LogP contribution is 2.47. The first-order valence-electron chi connectivity index (χ1n) is 11.4. The fourth-order valence-electron chi connectivity index (χ4n) is 3.51. The topological polar surface area (TPSA) is 18.5 Å². The van der Waals surface area contributed by atoms with Gasteiger partial charge in [0, 0.05) is 11.1 Å². The highest BCUT2D eigenvalue weighted by molar-refractivity contribution is 6.93. The van der Waals surface area contributed by atoms with Gasteiger partial charge in [-0.25, -0.2) is 0 Å². The van der Waals surface area contributed by atoms with Crippen molar-refractivity contribution in [1.82, 2.24) is 0 Å². The predicted octanol–water partition coefficient (Wildman–Crippen LogP) is 8.08. The summed E-state index contributed by atoms with van der Waals surface area (Å²) >= 11 is 0.